The van der Waals surface area contributed by atoms with Crippen molar-refractivity contribution in [2.24, 2.45) is 5.73 Å². The zero-order valence-electron chi connectivity index (χ0n) is 12.2. The monoisotopic (exact) mass is 301 g/mol. The van der Waals surface area contributed by atoms with E-state index in [-0.39, 0.29) is 11.9 Å². The van der Waals surface area contributed by atoms with E-state index in [2.05, 4.69) is 10.3 Å². The van der Waals surface area contributed by atoms with Gasteiger partial charge in [0.05, 0.1) is 5.69 Å². The summed E-state index contributed by atoms with van der Waals surface area (Å²) in [5.74, 6) is -0.0672. The van der Waals surface area contributed by atoms with Gasteiger partial charge < -0.3 is 11.1 Å². The first-order valence-corrected chi connectivity index (χ1v) is 7.67. The van der Waals surface area contributed by atoms with Crippen molar-refractivity contribution in [1.29, 1.82) is 0 Å². The Kier molecular flexibility index (Phi) is 5.36. The molecule has 0 unspecified atom stereocenters. The molecule has 0 aliphatic heterocycles. The van der Waals surface area contributed by atoms with Crippen molar-refractivity contribution in [3.05, 3.63) is 48.3 Å². The average molecular weight is 301 g/mol. The molecule has 110 valence electrons. The molecule has 4 nitrogen and oxygen atoms in total. The minimum Gasteiger partial charge on any atom is -0.326 e. The first-order valence-electron chi connectivity index (χ1n) is 6.85. The minimum atomic E-state index is -0.0672. The third-order valence-corrected chi connectivity index (χ3v) is 3.97. The lowest BCUT2D eigenvalue weighted by atomic mass is 10.1. The van der Waals surface area contributed by atoms with Crippen molar-refractivity contribution in [3.8, 4) is 0 Å². The predicted octanol–water partition coefficient (Wildman–Crippen LogP) is 3.60. The van der Waals surface area contributed by atoms with Gasteiger partial charge in [-0.2, -0.15) is 0 Å². The number of pyridine rings is 1. The molecule has 5 heteroatoms. The van der Waals surface area contributed by atoms with E-state index in [1.54, 1.807) is 11.8 Å². The third kappa shape index (κ3) is 4.58. The molecule has 21 heavy (non-hydrogen) atoms. The molecule has 0 fully saturated rings. The van der Waals surface area contributed by atoms with Crippen LogP contribution < -0.4 is 11.1 Å². The molecule has 0 aliphatic carbocycles. The van der Waals surface area contributed by atoms with Gasteiger partial charge in [-0.3, -0.25) is 9.78 Å². The second-order valence-electron chi connectivity index (χ2n) is 4.74. The zero-order chi connectivity index (χ0) is 15.2. The summed E-state index contributed by atoms with van der Waals surface area (Å²) in [5, 5.41) is 2.75. The largest absolute Gasteiger partial charge is 0.326 e. The van der Waals surface area contributed by atoms with Crippen LogP contribution in [-0.2, 0) is 4.79 Å². The number of amides is 1. The molecule has 0 radical (unpaired) electrons. The van der Waals surface area contributed by atoms with Crippen LogP contribution in [0.4, 0.5) is 5.69 Å². The van der Waals surface area contributed by atoms with E-state index in [0.29, 0.717) is 0 Å². The molecule has 3 N–H and O–H groups in total. The zero-order valence-corrected chi connectivity index (χ0v) is 13.0. The van der Waals surface area contributed by atoms with Crippen molar-refractivity contribution in [3.63, 3.8) is 0 Å². The van der Waals surface area contributed by atoms with Crippen LogP contribution in [0, 0.1) is 0 Å². The first kappa shape index (κ1) is 15.5. The average Bonchev–Trinajstić information content (AvgIpc) is 2.49. The van der Waals surface area contributed by atoms with Crippen LogP contribution in [0.15, 0.2) is 52.4 Å². The van der Waals surface area contributed by atoms with E-state index in [1.165, 1.54) is 6.92 Å². The van der Waals surface area contributed by atoms with Crippen LogP contribution in [0.5, 0.6) is 0 Å². The second kappa shape index (κ2) is 7.24. The number of aromatic nitrogens is 1. The summed E-state index contributed by atoms with van der Waals surface area (Å²) in [4.78, 5) is 17.5. The second-order valence-corrected chi connectivity index (χ2v) is 5.89. The molecule has 2 aromatic rings. The van der Waals surface area contributed by atoms with Gasteiger partial charge in [-0.15, -0.1) is 0 Å². The first-order chi connectivity index (χ1) is 10.1. The molecule has 0 saturated heterocycles. The van der Waals surface area contributed by atoms with Gasteiger partial charge in [0.2, 0.25) is 5.91 Å². The van der Waals surface area contributed by atoms with Gasteiger partial charge >= 0.3 is 0 Å². The van der Waals surface area contributed by atoms with Crippen molar-refractivity contribution in [2.45, 2.75) is 36.1 Å². The van der Waals surface area contributed by atoms with Crippen LogP contribution in [0.25, 0.3) is 0 Å². The van der Waals surface area contributed by atoms with E-state index in [0.717, 1.165) is 27.6 Å². The number of hydrogen-bond acceptors (Lipinski definition) is 4. The molecule has 2 rings (SSSR count). The third-order valence-electron chi connectivity index (χ3n) is 2.99. The highest BCUT2D eigenvalue weighted by atomic mass is 32.2. The Balaban J connectivity index is 2.02. The van der Waals surface area contributed by atoms with Crippen molar-refractivity contribution >= 4 is 23.4 Å². The molecule has 1 heterocycles. The van der Waals surface area contributed by atoms with Crippen molar-refractivity contribution in [1.82, 2.24) is 4.98 Å². The van der Waals surface area contributed by atoms with Crippen LogP contribution in [0.1, 0.15) is 32.0 Å². The normalized spacial score (nSPS) is 12.0. The Morgan fingerprint density at radius 2 is 1.90 bits per heavy atom. The number of hydrogen-bond donors (Lipinski definition) is 2. The summed E-state index contributed by atoms with van der Waals surface area (Å²) in [7, 11) is 0. The molecule has 1 atom stereocenters. The predicted molar refractivity (Wildman–Crippen MR) is 86.3 cm³/mol. The number of anilines is 1. The molecule has 0 spiro atoms. The van der Waals surface area contributed by atoms with Gasteiger partial charge in [-0.05, 0) is 42.8 Å². The van der Waals surface area contributed by atoms with Crippen LogP contribution in [0.2, 0.25) is 0 Å². The van der Waals surface area contributed by atoms with Crippen LogP contribution in [-0.4, -0.2) is 10.9 Å². The Bertz CT molecular complexity index is 596. The maximum Gasteiger partial charge on any atom is 0.221 e. The van der Waals surface area contributed by atoms with Gasteiger partial charge in [0.15, 0.2) is 0 Å². The number of nitrogens with zero attached hydrogens (tertiary/aromatic N) is 1. The van der Waals surface area contributed by atoms with Crippen LogP contribution in [0.3, 0.4) is 0 Å². The lowest BCUT2D eigenvalue weighted by molar-refractivity contribution is -0.114. The number of nitrogens with two attached hydrogens (primary N) is 1. The Morgan fingerprint density at radius 3 is 2.43 bits per heavy atom. The van der Waals surface area contributed by atoms with Crippen LogP contribution >= 0.6 is 11.8 Å². The summed E-state index contributed by atoms with van der Waals surface area (Å²) in [6.07, 6.45) is 2.72. The lowest BCUT2D eigenvalue weighted by Gasteiger charge is -2.09. The summed E-state index contributed by atoms with van der Waals surface area (Å²) < 4.78 is 0. The van der Waals surface area contributed by atoms with Gasteiger partial charge in [0.25, 0.3) is 0 Å². The van der Waals surface area contributed by atoms with E-state index < -0.39 is 0 Å². The Labute approximate surface area is 129 Å². The topological polar surface area (TPSA) is 68.0 Å². The van der Waals surface area contributed by atoms with E-state index >= 15 is 0 Å². The van der Waals surface area contributed by atoms with Crippen molar-refractivity contribution < 1.29 is 4.79 Å². The van der Waals surface area contributed by atoms with E-state index in [4.69, 9.17) is 5.73 Å². The number of nitrogens with one attached hydrogen (secondary N) is 1. The van der Waals surface area contributed by atoms with Gasteiger partial charge in [0, 0.05) is 34.6 Å². The summed E-state index contributed by atoms with van der Waals surface area (Å²) in [6, 6.07) is 11.7. The molecule has 0 bridgehead atoms. The standard InChI is InChI=1S/C16H19N3OS/c1-3-15(17)16-9-8-14(10-18-16)21-13-6-4-12(5-7-13)19-11(2)20/h4-10,15H,3,17H2,1-2H3,(H,19,20)/t15-/m1/s1. The fourth-order valence-corrected chi connectivity index (χ4v) is 2.61. The highest BCUT2D eigenvalue weighted by Gasteiger charge is 2.05. The number of carbonyl (C=O) groups is 1. The number of rotatable bonds is 5. The molecule has 1 aromatic carbocycles. The molecular formula is C16H19N3OS. The number of benzene rings is 1. The number of carbonyl (C=O) groups excluding carboxylic acids is 1. The Morgan fingerprint density at radius 1 is 1.24 bits per heavy atom. The fraction of sp³-hybridized carbons (Fsp3) is 0.250. The highest BCUT2D eigenvalue weighted by Crippen LogP contribution is 2.28. The van der Waals surface area contributed by atoms with Gasteiger partial charge in [-0.25, -0.2) is 0 Å². The maximum absolute atomic E-state index is 11.0. The van der Waals surface area contributed by atoms with Crippen molar-refractivity contribution in [2.75, 3.05) is 5.32 Å². The van der Waals surface area contributed by atoms with Gasteiger partial charge in [-0.1, -0.05) is 18.7 Å². The summed E-state index contributed by atoms with van der Waals surface area (Å²) >= 11 is 1.63. The molecule has 0 aliphatic rings. The summed E-state index contributed by atoms with van der Waals surface area (Å²) in [5.41, 5.74) is 7.67. The van der Waals surface area contributed by atoms with E-state index in [1.807, 2.05) is 49.5 Å². The SMILES string of the molecule is CC[C@@H](N)c1ccc(Sc2ccc(NC(C)=O)cc2)cn1. The summed E-state index contributed by atoms with van der Waals surface area (Å²) in [6.45, 7) is 3.54. The Hall–Kier alpha value is -1.85. The molecule has 0 saturated carbocycles. The molecule has 1 amide bonds. The minimum absolute atomic E-state index is 0.000915. The maximum atomic E-state index is 11.0. The quantitative estimate of drug-likeness (QED) is 0.885. The smallest absolute Gasteiger partial charge is 0.221 e. The molecular weight excluding hydrogens is 282 g/mol. The fourth-order valence-electron chi connectivity index (χ4n) is 1.83. The molecule has 1 aromatic heterocycles. The lowest BCUT2D eigenvalue weighted by Crippen LogP contribution is -2.10. The van der Waals surface area contributed by atoms with E-state index in [9.17, 15) is 4.79 Å². The highest BCUT2D eigenvalue weighted by molar-refractivity contribution is 7.99. The van der Waals surface area contributed by atoms with Gasteiger partial charge in [0.1, 0.15) is 0 Å².